The van der Waals surface area contributed by atoms with Crippen molar-refractivity contribution in [2.45, 2.75) is 26.3 Å². The minimum Gasteiger partial charge on any atom is -0.496 e. The van der Waals surface area contributed by atoms with E-state index in [0.29, 0.717) is 6.42 Å². The van der Waals surface area contributed by atoms with Crippen LogP contribution in [0, 0.1) is 25.2 Å². The van der Waals surface area contributed by atoms with E-state index in [-0.39, 0.29) is 6.04 Å². The number of rotatable bonds is 4. The molecule has 0 fully saturated rings. The zero-order chi connectivity index (χ0) is 13.0. The smallest absolute Gasteiger partial charge is 0.122 e. The number of nitriles is 1. The van der Waals surface area contributed by atoms with Gasteiger partial charge in [0, 0.05) is 6.04 Å². The van der Waals surface area contributed by atoms with E-state index in [2.05, 4.69) is 24.0 Å². The third-order valence-corrected chi connectivity index (χ3v) is 3.05. The first-order chi connectivity index (χ1) is 8.01. The maximum absolute atomic E-state index is 8.91. The van der Waals surface area contributed by atoms with E-state index >= 15 is 0 Å². The molecular weight excluding hydrogens is 212 g/mol. The third kappa shape index (κ3) is 2.98. The molecule has 1 atom stereocenters. The van der Waals surface area contributed by atoms with Gasteiger partial charge in [0.2, 0.25) is 0 Å². The van der Waals surface area contributed by atoms with Crippen LogP contribution >= 0.6 is 0 Å². The maximum Gasteiger partial charge on any atom is 0.122 e. The van der Waals surface area contributed by atoms with E-state index in [0.717, 1.165) is 11.3 Å². The maximum atomic E-state index is 8.91. The fraction of sp³-hybridized carbons (Fsp3) is 0.500. The topological polar surface area (TPSA) is 36.3 Å². The van der Waals surface area contributed by atoms with Gasteiger partial charge in [0.15, 0.2) is 0 Å². The monoisotopic (exact) mass is 232 g/mol. The van der Waals surface area contributed by atoms with Gasteiger partial charge in [-0.25, -0.2) is 0 Å². The zero-order valence-corrected chi connectivity index (χ0v) is 11.2. The Kier molecular flexibility index (Phi) is 4.53. The van der Waals surface area contributed by atoms with Gasteiger partial charge in [-0.2, -0.15) is 5.26 Å². The van der Waals surface area contributed by atoms with Crippen LogP contribution in [-0.2, 0) is 0 Å². The summed E-state index contributed by atoms with van der Waals surface area (Å²) in [7, 11) is 5.68. The number of hydrogen-bond acceptors (Lipinski definition) is 3. The van der Waals surface area contributed by atoms with Crippen LogP contribution in [0.15, 0.2) is 12.1 Å². The molecule has 0 radical (unpaired) electrons. The second-order valence-corrected chi connectivity index (χ2v) is 4.52. The SMILES string of the molecule is COc1cc(C)c(C(CC#N)N(C)C)cc1C. The van der Waals surface area contributed by atoms with Gasteiger partial charge < -0.3 is 9.64 Å². The first-order valence-electron chi connectivity index (χ1n) is 5.69. The highest BCUT2D eigenvalue weighted by Gasteiger charge is 2.17. The van der Waals surface area contributed by atoms with Crippen LogP contribution in [0.5, 0.6) is 5.75 Å². The molecular formula is C14H20N2O. The second kappa shape index (κ2) is 5.70. The molecule has 0 aliphatic carbocycles. The van der Waals surface area contributed by atoms with Crippen molar-refractivity contribution < 1.29 is 4.74 Å². The summed E-state index contributed by atoms with van der Waals surface area (Å²) < 4.78 is 5.30. The van der Waals surface area contributed by atoms with E-state index in [9.17, 15) is 0 Å². The van der Waals surface area contributed by atoms with Crippen molar-refractivity contribution in [1.29, 1.82) is 5.26 Å². The van der Waals surface area contributed by atoms with Crippen LogP contribution in [-0.4, -0.2) is 26.1 Å². The van der Waals surface area contributed by atoms with E-state index in [1.807, 2.05) is 27.1 Å². The molecule has 0 saturated heterocycles. The predicted octanol–water partition coefficient (Wildman–Crippen LogP) is 2.83. The molecule has 0 aliphatic heterocycles. The summed E-state index contributed by atoms with van der Waals surface area (Å²) in [5.41, 5.74) is 3.48. The molecule has 0 amide bonds. The van der Waals surface area contributed by atoms with Crippen molar-refractivity contribution in [3.05, 3.63) is 28.8 Å². The molecule has 0 N–H and O–H groups in total. The molecule has 92 valence electrons. The third-order valence-electron chi connectivity index (χ3n) is 3.05. The number of aryl methyl sites for hydroxylation is 2. The number of methoxy groups -OCH3 is 1. The predicted molar refractivity (Wildman–Crippen MR) is 69.1 cm³/mol. The van der Waals surface area contributed by atoms with Crippen molar-refractivity contribution in [3.63, 3.8) is 0 Å². The summed E-state index contributed by atoms with van der Waals surface area (Å²) in [4.78, 5) is 2.08. The summed E-state index contributed by atoms with van der Waals surface area (Å²) in [5.74, 6) is 0.903. The quantitative estimate of drug-likeness (QED) is 0.801. The molecule has 17 heavy (non-hydrogen) atoms. The average molecular weight is 232 g/mol. The molecule has 0 heterocycles. The minimum atomic E-state index is 0.143. The molecule has 3 heteroatoms. The van der Waals surface area contributed by atoms with E-state index in [4.69, 9.17) is 10.00 Å². The number of nitrogens with zero attached hydrogens (tertiary/aromatic N) is 2. The zero-order valence-electron chi connectivity index (χ0n) is 11.2. The van der Waals surface area contributed by atoms with Crippen LogP contribution in [0.3, 0.4) is 0 Å². The average Bonchev–Trinajstić information content (AvgIpc) is 2.28. The lowest BCUT2D eigenvalue weighted by atomic mass is 9.96. The Morgan fingerprint density at radius 3 is 2.41 bits per heavy atom. The standard InChI is InChI=1S/C14H20N2O/c1-10-9-14(17-5)11(2)8-12(10)13(6-7-15)16(3)4/h8-9,13H,6H2,1-5H3. The molecule has 0 spiro atoms. The second-order valence-electron chi connectivity index (χ2n) is 4.52. The lowest BCUT2D eigenvalue weighted by molar-refractivity contribution is 0.302. The molecule has 0 aliphatic rings. The first-order valence-corrected chi connectivity index (χ1v) is 5.69. The molecule has 1 aromatic rings. The van der Waals surface area contributed by atoms with Gasteiger partial charge in [-0.3, -0.25) is 0 Å². The van der Waals surface area contributed by atoms with Crippen LogP contribution in [0.1, 0.15) is 29.2 Å². The molecule has 3 nitrogen and oxygen atoms in total. The van der Waals surface area contributed by atoms with Crippen molar-refractivity contribution in [2.75, 3.05) is 21.2 Å². The molecule has 1 aromatic carbocycles. The minimum absolute atomic E-state index is 0.143. The van der Waals surface area contributed by atoms with Crippen molar-refractivity contribution in [2.24, 2.45) is 0 Å². The highest BCUT2D eigenvalue weighted by atomic mass is 16.5. The molecule has 0 bridgehead atoms. The molecule has 0 saturated carbocycles. The fourth-order valence-electron chi connectivity index (χ4n) is 2.05. The number of benzene rings is 1. The van der Waals surface area contributed by atoms with Gasteiger partial charge in [-0.05, 0) is 50.7 Å². The van der Waals surface area contributed by atoms with Gasteiger partial charge in [0.25, 0.3) is 0 Å². The summed E-state index contributed by atoms with van der Waals surface area (Å²) in [6, 6.07) is 6.55. The highest BCUT2D eigenvalue weighted by molar-refractivity contribution is 5.43. The molecule has 1 unspecified atom stereocenters. The summed E-state index contributed by atoms with van der Waals surface area (Å²) >= 11 is 0. The van der Waals surface area contributed by atoms with Crippen molar-refractivity contribution in [3.8, 4) is 11.8 Å². The first kappa shape index (κ1) is 13.5. The lowest BCUT2D eigenvalue weighted by Gasteiger charge is -2.25. The van der Waals surface area contributed by atoms with E-state index in [1.165, 1.54) is 11.1 Å². The Bertz CT molecular complexity index is 433. The van der Waals surface area contributed by atoms with Crippen LogP contribution in [0.4, 0.5) is 0 Å². The number of ether oxygens (including phenoxy) is 1. The Hall–Kier alpha value is -1.53. The summed E-state index contributed by atoms with van der Waals surface area (Å²) in [6.45, 7) is 4.09. The Morgan fingerprint density at radius 1 is 1.29 bits per heavy atom. The van der Waals surface area contributed by atoms with Crippen LogP contribution in [0.25, 0.3) is 0 Å². The summed E-state index contributed by atoms with van der Waals surface area (Å²) in [6.07, 6.45) is 0.500. The Balaban J connectivity index is 3.21. The van der Waals surface area contributed by atoms with Gasteiger partial charge in [0.1, 0.15) is 5.75 Å². The van der Waals surface area contributed by atoms with Crippen molar-refractivity contribution >= 4 is 0 Å². The number of hydrogen-bond donors (Lipinski definition) is 0. The van der Waals surface area contributed by atoms with Gasteiger partial charge in [-0.15, -0.1) is 0 Å². The normalized spacial score (nSPS) is 12.3. The molecule has 1 rings (SSSR count). The van der Waals surface area contributed by atoms with Crippen LogP contribution < -0.4 is 4.74 Å². The highest BCUT2D eigenvalue weighted by Crippen LogP contribution is 2.30. The van der Waals surface area contributed by atoms with Crippen LogP contribution in [0.2, 0.25) is 0 Å². The lowest BCUT2D eigenvalue weighted by Crippen LogP contribution is -2.20. The summed E-state index contributed by atoms with van der Waals surface area (Å²) in [5, 5.41) is 8.91. The van der Waals surface area contributed by atoms with Gasteiger partial charge in [0.05, 0.1) is 19.6 Å². The molecule has 0 aromatic heterocycles. The van der Waals surface area contributed by atoms with Gasteiger partial charge >= 0.3 is 0 Å². The fourth-order valence-corrected chi connectivity index (χ4v) is 2.05. The van der Waals surface area contributed by atoms with E-state index < -0.39 is 0 Å². The van der Waals surface area contributed by atoms with Gasteiger partial charge in [-0.1, -0.05) is 6.07 Å². The largest absolute Gasteiger partial charge is 0.496 e. The van der Waals surface area contributed by atoms with Crippen molar-refractivity contribution in [1.82, 2.24) is 4.90 Å². The Labute approximate surface area is 104 Å². The Morgan fingerprint density at radius 2 is 1.94 bits per heavy atom. The van der Waals surface area contributed by atoms with E-state index in [1.54, 1.807) is 7.11 Å².